The monoisotopic (exact) mass is 396 g/mol. The minimum absolute atomic E-state index is 0.0744. The summed E-state index contributed by atoms with van der Waals surface area (Å²) in [6, 6.07) is 17.6. The van der Waals surface area contributed by atoms with Crippen LogP contribution < -0.4 is 5.32 Å². The van der Waals surface area contributed by atoms with Gasteiger partial charge in [-0.25, -0.2) is 0 Å². The van der Waals surface area contributed by atoms with Crippen LogP contribution in [0.1, 0.15) is 11.3 Å². The van der Waals surface area contributed by atoms with Gasteiger partial charge in [0.15, 0.2) is 0 Å². The van der Waals surface area contributed by atoms with Gasteiger partial charge >= 0.3 is 0 Å². The lowest BCUT2D eigenvalue weighted by molar-refractivity contribution is -0.112. The third-order valence-electron chi connectivity index (χ3n) is 3.75. The smallest absolute Gasteiger partial charge is 0.266 e. The number of aryl methyl sites for hydroxylation is 1. The molecule has 1 N–H and O–H groups in total. The number of anilines is 1. The highest BCUT2D eigenvalue weighted by molar-refractivity contribution is 6.35. The molecule has 3 rings (SSSR count). The van der Waals surface area contributed by atoms with Crippen molar-refractivity contribution in [3.05, 3.63) is 81.5 Å². The first-order chi connectivity index (χ1) is 13.0. The van der Waals surface area contributed by atoms with Crippen LogP contribution in [0, 0.1) is 18.3 Å². The summed E-state index contributed by atoms with van der Waals surface area (Å²) in [5.41, 5.74) is 2.18. The molecule has 134 valence electrons. The molecule has 0 aliphatic heterocycles. The van der Waals surface area contributed by atoms with Gasteiger partial charge in [0.1, 0.15) is 23.2 Å². The first kappa shape index (κ1) is 18.8. The number of benzene rings is 2. The van der Waals surface area contributed by atoms with E-state index in [0.29, 0.717) is 32.8 Å². The fourth-order valence-corrected chi connectivity index (χ4v) is 2.86. The number of carbonyl (C=O) groups excluding carboxylic acids is 1. The minimum atomic E-state index is -0.512. The van der Waals surface area contributed by atoms with Crippen molar-refractivity contribution in [2.45, 2.75) is 6.92 Å². The summed E-state index contributed by atoms with van der Waals surface area (Å²) >= 11 is 12.2. The maximum absolute atomic E-state index is 12.4. The largest absolute Gasteiger partial charge is 0.457 e. The lowest BCUT2D eigenvalue weighted by atomic mass is 10.2. The molecule has 3 aromatic rings. The van der Waals surface area contributed by atoms with Gasteiger partial charge in [0, 0.05) is 22.3 Å². The van der Waals surface area contributed by atoms with E-state index in [1.807, 2.05) is 31.2 Å². The van der Waals surface area contributed by atoms with E-state index in [1.165, 1.54) is 6.08 Å². The molecule has 6 heteroatoms. The number of nitriles is 1. The normalized spacial score (nSPS) is 11.1. The second kappa shape index (κ2) is 8.13. The summed E-state index contributed by atoms with van der Waals surface area (Å²) < 4.78 is 5.71. The molecular weight excluding hydrogens is 383 g/mol. The number of hydrogen-bond acceptors (Lipinski definition) is 3. The zero-order valence-electron chi connectivity index (χ0n) is 14.3. The molecule has 0 unspecified atom stereocenters. The van der Waals surface area contributed by atoms with Gasteiger partial charge in [0.25, 0.3) is 5.91 Å². The van der Waals surface area contributed by atoms with Gasteiger partial charge in [-0.2, -0.15) is 5.26 Å². The second-order valence-corrected chi connectivity index (χ2v) is 6.66. The molecule has 1 heterocycles. The highest BCUT2D eigenvalue weighted by Crippen LogP contribution is 2.32. The SMILES string of the molecule is Cc1cccc(NC(=O)/C(C#N)=C/c2ccc(-c3cc(Cl)ccc3Cl)o2)c1. The Balaban J connectivity index is 1.84. The Morgan fingerprint density at radius 1 is 1.15 bits per heavy atom. The van der Waals surface area contributed by atoms with Crippen molar-refractivity contribution in [1.82, 2.24) is 0 Å². The summed E-state index contributed by atoms with van der Waals surface area (Å²) in [7, 11) is 0. The van der Waals surface area contributed by atoms with E-state index in [9.17, 15) is 10.1 Å². The Bertz CT molecular complexity index is 1080. The van der Waals surface area contributed by atoms with Crippen molar-refractivity contribution in [1.29, 1.82) is 5.26 Å². The molecule has 0 saturated heterocycles. The summed E-state index contributed by atoms with van der Waals surface area (Å²) in [5, 5.41) is 13.0. The van der Waals surface area contributed by atoms with Crippen LogP contribution in [0.5, 0.6) is 0 Å². The number of nitrogens with zero attached hydrogens (tertiary/aromatic N) is 1. The van der Waals surface area contributed by atoms with Gasteiger partial charge in [0.2, 0.25) is 0 Å². The highest BCUT2D eigenvalue weighted by atomic mass is 35.5. The summed E-state index contributed by atoms with van der Waals surface area (Å²) in [6.45, 7) is 1.92. The predicted molar refractivity (Wildman–Crippen MR) is 108 cm³/mol. The topological polar surface area (TPSA) is 66.0 Å². The Hall–Kier alpha value is -3.00. The van der Waals surface area contributed by atoms with Gasteiger partial charge in [0.05, 0.1) is 5.02 Å². The third kappa shape index (κ3) is 4.59. The Morgan fingerprint density at radius 3 is 2.70 bits per heavy atom. The fourth-order valence-electron chi connectivity index (χ4n) is 2.47. The van der Waals surface area contributed by atoms with Crippen molar-refractivity contribution in [2.24, 2.45) is 0 Å². The minimum Gasteiger partial charge on any atom is -0.457 e. The van der Waals surface area contributed by atoms with Gasteiger partial charge in [-0.15, -0.1) is 0 Å². The standard InChI is InChI=1S/C21H14Cl2N2O2/c1-13-3-2-4-16(9-13)25-21(26)14(12-24)10-17-6-8-20(27-17)18-11-15(22)5-7-19(18)23/h2-11H,1H3,(H,25,26)/b14-10+. The van der Waals surface area contributed by atoms with Gasteiger partial charge < -0.3 is 9.73 Å². The molecule has 1 amide bonds. The van der Waals surface area contributed by atoms with Crippen molar-refractivity contribution in [2.75, 3.05) is 5.32 Å². The van der Waals surface area contributed by atoms with Crippen molar-refractivity contribution >= 4 is 40.9 Å². The predicted octanol–water partition coefficient (Wildman–Crippen LogP) is 6.11. The van der Waals surface area contributed by atoms with E-state index in [2.05, 4.69) is 5.32 Å². The van der Waals surface area contributed by atoms with Crippen molar-refractivity contribution < 1.29 is 9.21 Å². The number of hydrogen-bond donors (Lipinski definition) is 1. The molecule has 0 spiro atoms. The number of nitrogens with one attached hydrogen (secondary N) is 1. The van der Waals surface area contributed by atoms with Crippen molar-refractivity contribution in [3.8, 4) is 17.4 Å². The maximum atomic E-state index is 12.4. The van der Waals surface area contributed by atoms with Crippen LogP contribution in [0.2, 0.25) is 10.0 Å². The van der Waals surface area contributed by atoms with E-state index in [1.54, 1.807) is 36.4 Å². The van der Waals surface area contributed by atoms with E-state index in [-0.39, 0.29) is 5.57 Å². The van der Waals surface area contributed by atoms with Crippen LogP contribution in [-0.4, -0.2) is 5.91 Å². The first-order valence-electron chi connectivity index (χ1n) is 8.01. The molecule has 0 bridgehead atoms. The average molecular weight is 397 g/mol. The second-order valence-electron chi connectivity index (χ2n) is 5.82. The lowest BCUT2D eigenvalue weighted by Gasteiger charge is -2.04. The molecule has 0 fully saturated rings. The number of halogens is 2. The van der Waals surface area contributed by atoms with Crippen LogP contribution in [0.3, 0.4) is 0 Å². The zero-order valence-corrected chi connectivity index (χ0v) is 15.8. The number of amides is 1. The molecule has 0 aliphatic rings. The van der Waals surface area contributed by atoms with Crippen LogP contribution in [-0.2, 0) is 4.79 Å². The van der Waals surface area contributed by atoms with Gasteiger partial charge in [-0.05, 0) is 55.0 Å². The molecule has 0 radical (unpaired) electrons. The molecule has 0 atom stereocenters. The zero-order chi connectivity index (χ0) is 19.4. The third-order valence-corrected chi connectivity index (χ3v) is 4.31. The fraction of sp³-hybridized carbons (Fsp3) is 0.0476. The summed E-state index contributed by atoms with van der Waals surface area (Å²) in [4.78, 5) is 12.4. The number of furan rings is 1. The quantitative estimate of drug-likeness (QED) is 0.427. The molecule has 1 aromatic heterocycles. The van der Waals surface area contributed by atoms with E-state index >= 15 is 0 Å². The Morgan fingerprint density at radius 2 is 1.96 bits per heavy atom. The molecule has 4 nitrogen and oxygen atoms in total. The van der Waals surface area contributed by atoms with Gasteiger partial charge in [-0.3, -0.25) is 4.79 Å². The lowest BCUT2D eigenvalue weighted by Crippen LogP contribution is -2.13. The number of rotatable bonds is 4. The first-order valence-corrected chi connectivity index (χ1v) is 8.77. The van der Waals surface area contributed by atoms with E-state index in [4.69, 9.17) is 27.6 Å². The maximum Gasteiger partial charge on any atom is 0.266 e. The molecule has 0 aliphatic carbocycles. The molecule has 27 heavy (non-hydrogen) atoms. The van der Waals surface area contributed by atoms with Gasteiger partial charge in [-0.1, -0.05) is 35.3 Å². The van der Waals surface area contributed by atoms with Crippen LogP contribution in [0.25, 0.3) is 17.4 Å². The summed E-state index contributed by atoms with van der Waals surface area (Å²) in [5.74, 6) is 0.337. The van der Waals surface area contributed by atoms with E-state index < -0.39 is 5.91 Å². The van der Waals surface area contributed by atoms with Crippen LogP contribution in [0.15, 0.2) is 64.6 Å². The van der Waals surface area contributed by atoms with Crippen LogP contribution in [0.4, 0.5) is 5.69 Å². The molecular formula is C21H14Cl2N2O2. The molecule has 0 saturated carbocycles. The average Bonchev–Trinajstić information content (AvgIpc) is 3.10. The number of carbonyl (C=O) groups is 1. The van der Waals surface area contributed by atoms with Crippen LogP contribution >= 0.6 is 23.2 Å². The Labute approximate surface area is 166 Å². The highest BCUT2D eigenvalue weighted by Gasteiger charge is 2.13. The summed E-state index contributed by atoms with van der Waals surface area (Å²) in [6.07, 6.45) is 1.38. The van der Waals surface area contributed by atoms with Crippen molar-refractivity contribution in [3.63, 3.8) is 0 Å². The Kier molecular flexibility index (Phi) is 5.66. The van der Waals surface area contributed by atoms with E-state index in [0.717, 1.165) is 5.56 Å². The molecule has 2 aromatic carbocycles.